The molecule has 128 valence electrons. The van der Waals surface area contributed by atoms with Crippen LogP contribution in [0.2, 0.25) is 0 Å². The summed E-state index contributed by atoms with van der Waals surface area (Å²) in [4.78, 5) is 13.9. The molecule has 1 amide bonds. The summed E-state index contributed by atoms with van der Waals surface area (Å²) < 4.78 is 27.2. The van der Waals surface area contributed by atoms with Crippen molar-refractivity contribution in [2.75, 3.05) is 12.3 Å². The van der Waals surface area contributed by atoms with Gasteiger partial charge in [0.2, 0.25) is 15.9 Å². The van der Waals surface area contributed by atoms with E-state index in [2.05, 4.69) is 11.6 Å². The van der Waals surface area contributed by atoms with Crippen molar-refractivity contribution in [3.8, 4) is 0 Å². The smallest absolute Gasteiger partial charge is 0.239 e. The molecule has 2 rings (SSSR count). The van der Waals surface area contributed by atoms with Crippen molar-refractivity contribution < 1.29 is 13.2 Å². The van der Waals surface area contributed by atoms with Gasteiger partial charge in [0, 0.05) is 24.7 Å². The van der Waals surface area contributed by atoms with E-state index >= 15 is 0 Å². The number of carbonyl (C=O) groups is 1. The second kappa shape index (κ2) is 7.27. The molecule has 3 N–H and O–H groups in total. The van der Waals surface area contributed by atoms with E-state index in [0.29, 0.717) is 12.5 Å². The lowest BCUT2D eigenvalue weighted by molar-refractivity contribution is -0.131. The van der Waals surface area contributed by atoms with E-state index in [-0.39, 0.29) is 24.0 Å². The van der Waals surface area contributed by atoms with Gasteiger partial charge in [-0.05, 0) is 51.4 Å². The minimum absolute atomic E-state index is 0.0128. The molecule has 0 radical (unpaired) electrons. The Morgan fingerprint density at radius 1 is 1.18 bits per heavy atom. The Bertz CT molecular complexity index is 486. The standard InChI is InChI=1S/C15H29N3O3S/c1-11-3-5-14(6-4-11)17-22(20,21)10-15(19)18-8-7-13(16)9-12(18)2/h11-14,17H,3-10,16H2,1-2H3. The average Bonchev–Trinajstić information content (AvgIpc) is 2.40. The van der Waals surface area contributed by atoms with Crippen LogP contribution < -0.4 is 10.5 Å². The molecule has 2 unspecified atom stereocenters. The Labute approximate surface area is 133 Å². The molecule has 0 bridgehead atoms. The Morgan fingerprint density at radius 2 is 1.82 bits per heavy atom. The van der Waals surface area contributed by atoms with Crippen molar-refractivity contribution in [3.63, 3.8) is 0 Å². The van der Waals surface area contributed by atoms with Crippen LogP contribution in [0.25, 0.3) is 0 Å². The van der Waals surface area contributed by atoms with Gasteiger partial charge < -0.3 is 10.6 Å². The topological polar surface area (TPSA) is 92.5 Å². The van der Waals surface area contributed by atoms with Gasteiger partial charge in [-0.15, -0.1) is 0 Å². The van der Waals surface area contributed by atoms with Crippen LogP contribution in [0.15, 0.2) is 0 Å². The molecule has 1 aliphatic carbocycles. The van der Waals surface area contributed by atoms with Crippen molar-refractivity contribution >= 4 is 15.9 Å². The fraction of sp³-hybridized carbons (Fsp3) is 0.933. The van der Waals surface area contributed by atoms with Crippen LogP contribution in [0.4, 0.5) is 0 Å². The molecular weight excluding hydrogens is 302 g/mol. The van der Waals surface area contributed by atoms with Crippen LogP contribution in [0, 0.1) is 5.92 Å². The van der Waals surface area contributed by atoms with Crippen molar-refractivity contribution in [3.05, 3.63) is 0 Å². The number of rotatable bonds is 4. The summed E-state index contributed by atoms with van der Waals surface area (Å²) in [5.41, 5.74) is 5.88. The molecule has 0 spiro atoms. The molecule has 6 nitrogen and oxygen atoms in total. The highest BCUT2D eigenvalue weighted by atomic mass is 32.2. The normalized spacial score (nSPS) is 33.7. The van der Waals surface area contributed by atoms with Gasteiger partial charge in [-0.3, -0.25) is 4.79 Å². The maximum atomic E-state index is 12.3. The number of likely N-dealkylation sites (tertiary alicyclic amines) is 1. The molecule has 2 atom stereocenters. The summed E-state index contributed by atoms with van der Waals surface area (Å²) in [6, 6.07) is 0.112. The zero-order chi connectivity index (χ0) is 16.3. The minimum atomic E-state index is -3.56. The van der Waals surface area contributed by atoms with E-state index in [1.54, 1.807) is 4.90 Å². The fourth-order valence-corrected chi connectivity index (χ4v) is 4.82. The number of piperidine rings is 1. The third-order valence-electron chi connectivity index (χ3n) is 4.91. The largest absolute Gasteiger partial charge is 0.339 e. The molecule has 0 aromatic heterocycles. The van der Waals surface area contributed by atoms with Crippen LogP contribution in [0.1, 0.15) is 52.4 Å². The SMILES string of the molecule is CC1CCC(NS(=O)(=O)CC(=O)N2CCC(N)CC2C)CC1. The molecular formula is C15H29N3O3S. The van der Waals surface area contributed by atoms with Gasteiger partial charge >= 0.3 is 0 Å². The number of carbonyl (C=O) groups excluding carboxylic acids is 1. The Hall–Kier alpha value is -0.660. The molecule has 22 heavy (non-hydrogen) atoms. The summed E-state index contributed by atoms with van der Waals surface area (Å²) in [5, 5.41) is 0. The molecule has 7 heteroatoms. The van der Waals surface area contributed by atoms with E-state index in [9.17, 15) is 13.2 Å². The van der Waals surface area contributed by atoms with Gasteiger partial charge in [0.1, 0.15) is 5.75 Å². The van der Waals surface area contributed by atoms with Gasteiger partial charge in [-0.1, -0.05) is 6.92 Å². The minimum Gasteiger partial charge on any atom is -0.339 e. The van der Waals surface area contributed by atoms with Crippen molar-refractivity contribution in [1.29, 1.82) is 0 Å². The van der Waals surface area contributed by atoms with E-state index in [0.717, 1.165) is 38.5 Å². The molecule has 1 saturated carbocycles. The van der Waals surface area contributed by atoms with E-state index in [4.69, 9.17) is 5.73 Å². The third-order valence-corrected chi connectivity index (χ3v) is 6.23. The first kappa shape index (κ1) is 17.7. The maximum absolute atomic E-state index is 12.3. The van der Waals surface area contributed by atoms with Crippen molar-refractivity contribution in [1.82, 2.24) is 9.62 Å². The Kier molecular flexibility index (Phi) is 5.85. The fourth-order valence-electron chi connectivity index (χ4n) is 3.50. The first-order valence-electron chi connectivity index (χ1n) is 8.32. The highest BCUT2D eigenvalue weighted by molar-refractivity contribution is 7.90. The highest BCUT2D eigenvalue weighted by Gasteiger charge is 2.31. The van der Waals surface area contributed by atoms with Crippen molar-refractivity contribution in [2.45, 2.75) is 70.5 Å². The van der Waals surface area contributed by atoms with Gasteiger partial charge in [-0.25, -0.2) is 13.1 Å². The van der Waals surface area contributed by atoms with Crippen LogP contribution in [-0.2, 0) is 14.8 Å². The highest BCUT2D eigenvalue weighted by Crippen LogP contribution is 2.24. The molecule has 1 saturated heterocycles. The van der Waals surface area contributed by atoms with Crippen LogP contribution in [0.5, 0.6) is 0 Å². The van der Waals surface area contributed by atoms with Gasteiger partial charge in [0.15, 0.2) is 0 Å². The quantitative estimate of drug-likeness (QED) is 0.798. The van der Waals surface area contributed by atoms with E-state index < -0.39 is 15.8 Å². The monoisotopic (exact) mass is 331 g/mol. The molecule has 0 aromatic rings. The summed E-state index contributed by atoms with van der Waals surface area (Å²) in [6.07, 6.45) is 5.29. The second-order valence-corrected chi connectivity index (χ2v) is 8.81. The lowest BCUT2D eigenvalue weighted by Crippen LogP contribution is -2.51. The molecule has 2 aliphatic rings. The third kappa shape index (κ3) is 4.93. The Balaban J connectivity index is 1.87. The summed E-state index contributed by atoms with van der Waals surface area (Å²) in [6.45, 7) is 4.67. The number of nitrogens with zero attached hydrogens (tertiary/aromatic N) is 1. The number of nitrogens with two attached hydrogens (primary N) is 1. The zero-order valence-electron chi connectivity index (χ0n) is 13.6. The maximum Gasteiger partial charge on any atom is 0.239 e. The van der Waals surface area contributed by atoms with Crippen molar-refractivity contribution in [2.24, 2.45) is 11.7 Å². The molecule has 1 aliphatic heterocycles. The number of hydrogen-bond donors (Lipinski definition) is 2. The lowest BCUT2D eigenvalue weighted by atomic mass is 9.88. The number of amides is 1. The van der Waals surface area contributed by atoms with Gasteiger partial charge in [0.25, 0.3) is 0 Å². The van der Waals surface area contributed by atoms with Crippen LogP contribution in [0.3, 0.4) is 0 Å². The molecule has 1 heterocycles. The number of hydrogen-bond acceptors (Lipinski definition) is 4. The zero-order valence-corrected chi connectivity index (χ0v) is 14.4. The van der Waals surface area contributed by atoms with E-state index in [1.807, 2.05) is 6.92 Å². The van der Waals surface area contributed by atoms with E-state index in [1.165, 1.54) is 0 Å². The summed E-state index contributed by atoms with van der Waals surface area (Å²) in [5.74, 6) is -0.0876. The molecule has 2 fully saturated rings. The first-order valence-corrected chi connectivity index (χ1v) is 9.97. The first-order chi connectivity index (χ1) is 10.3. The average molecular weight is 331 g/mol. The lowest BCUT2D eigenvalue weighted by Gasteiger charge is -2.36. The summed E-state index contributed by atoms with van der Waals surface area (Å²) >= 11 is 0. The van der Waals surface area contributed by atoms with Gasteiger partial charge in [0.05, 0.1) is 0 Å². The second-order valence-electron chi connectivity index (χ2n) is 7.05. The number of sulfonamides is 1. The predicted molar refractivity (Wildman–Crippen MR) is 86.7 cm³/mol. The Morgan fingerprint density at radius 3 is 2.41 bits per heavy atom. The van der Waals surface area contributed by atoms with Crippen LogP contribution >= 0.6 is 0 Å². The predicted octanol–water partition coefficient (Wildman–Crippen LogP) is 0.823. The summed E-state index contributed by atoms with van der Waals surface area (Å²) in [7, 11) is -3.56. The number of nitrogens with one attached hydrogen (secondary N) is 1. The van der Waals surface area contributed by atoms with Gasteiger partial charge in [-0.2, -0.15) is 0 Å². The molecule has 0 aromatic carbocycles. The van der Waals surface area contributed by atoms with Crippen LogP contribution in [-0.4, -0.2) is 49.6 Å².